The molecule has 214 valence electrons. The molecule has 4 aromatic carbocycles. The zero-order chi connectivity index (χ0) is 29.6. The van der Waals surface area contributed by atoms with Crippen LogP contribution >= 0.6 is 0 Å². The molecule has 0 fully saturated rings. The zero-order valence-electron chi connectivity index (χ0n) is 25.0. The topological polar surface area (TPSA) is 58.9 Å². The normalized spacial score (nSPS) is 12.6. The molecule has 6 rings (SSSR count). The van der Waals surface area contributed by atoms with E-state index in [1.54, 1.807) is 0 Å². The number of nitrogens with one attached hydrogen (secondary N) is 1. The molecule has 0 unspecified atom stereocenters. The van der Waals surface area contributed by atoms with Gasteiger partial charge in [0.15, 0.2) is 0 Å². The number of aromatic nitrogens is 4. The number of hydrogen-bond acceptors (Lipinski definition) is 3. The molecule has 0 aliphatic carbocycles. The molecule has 0 bridgehead atoms. The molecule has 0 saturated carbocycles. The fraction of sp³-hybridized carbons (Fsp3) is 0.184. The molecule has 1 N–H and O–H groups in total. The molecule has 0 amide bonds. The maximum absolute atomic E-state index is 5.59. The summed E-state index contributed by atoms with van der Waals surface area (Å²) in [6, 6.07) is 38.8. The third-order valence-corrected chi connectivity index (χ3v) is 8.06. The van der Waals surface area contributed by atoms with Gasteiger partial charge < -0.3 is 0 Å². The van der Waals surface area contributed by atoms with E-state index in [-0.39, 0.29) is 0 Å². The summed E-state index contributed by atoms with van der Waals surface area (Å²) in [5.41, 5.74) is 9.06. The minimum absolute atomic E-state index is 0.721. The highest BCUT2D eigenvalue weighted by molar-refractivity contribution is 6.03. The van der Waals surface area contributed by atoms with Gasteiger partial charge in [0, 0.05) is 29.4 Å². The predicted octanol–water partition coefficient (Wildman–Crippen LogP) is 8.93. The molecular weight excluding hydrogens is 526 g/mol. The number of H-pyrrole nitrogens is 1. The fourth-order valence-electron chi connectivity index (χ4n) is 6.03. The zero-order valence-corrected chi connectivity index (χ0v) is 25.0. The van der Waals surface area contributed by atoms with Crippen molar-refractivity contribution in [2.45, 2.75) is 39.2 Å². The number of allylic oxidation sites excluding steroid dienone is 2. The van der Waals surface area contributed by atoms with Crippen molar-refractivity contribution in [3.63, 3.8) is 0 Å². The van der Waals surface area contributed by atoms with Gasteiger partial charge in [-0.2, -0.15) is 10.2 Å². The lowest BCUT2D eigenvalue weighted by molar-refractivity contribution is 0.474. The summed E-state index contributed by atoms with van der Waals surface area (Å²) in [5.74, 6) is 0. The minimum Gasteiger partial charge on any atom is -0.290 e. The number of benzene rings is 4. The summed E-state index contributed by atoms with van der Waals surface area (Å²) in [5, 5.41) is 13.9. The van der Waals surface area contributed by atoms with E-state index >= 15 is 0 Å². The fourth-order valence-corrected chi connectivity index (χ4v) is 6.03. The standard InChI is InChI=1S/C38H37N5/c1-4-23-39-28(3)24-29(5-2)37-35-25-30(31-26-40-41-27-31)21-22-36(35)43(42-37)38(32-15-9-6-10-16-32,33-17-11-7-12-18-33)34-19-13-8-14-20-34/h6-22,24-27H,4-5,23H2,1-3H3,(H,40,41)/b29-24+,39-28?. The molecule has 2 heterocycles. The van der Waals surface area contributed by atoms with Gasteiger partial charge in [0.05, 0.1) is 17.4 Å². The number of nitrogens with zero attached hydrogens (tertiary/aromatic N) is 4. The van der Waals surface area contributed by atoms with Gasteiger partial charge >= 0.3 is 0 Å². The van der Waals surface area contributed by atoms with Gasteiger partial charge in [0.2, 0.25) is 0 Å². The molecule has 0 aliphatic heterocycles. The summed E-state index contributed by atoms with van der Waals surface area (Å²) in [7, 11) is 0. The molecule has 5 heteroatoms. The molecule has 0 atom stereocenters. The third kappa shape index (κ3) is 5.23. The van der Waals surface area contributed by atoms with Crippen molar-refractivity contribution in [2.24, 2.45) is 4.99 Å². The number of fused-ring (bicyclic) bond motifs is 1. The quantitative estimate of drug-likeness (QED) is 0.134. The van der Waals surface area contributed by atoms with Crippen molar-refractivity contribution in [1.82, 2.24) is 20.0 Å². The van der Waals surface area contributed by atoms with Crippen molar-refractivity contribution < 1.29 is 0 Å². The maximum atomic E-state index is 5.59. The Bertz CT molecular complexity index is 1750. The van der Waals surface area contributed by atoms with Crippen LogP contribution in [0.2, 0.25) is 0 Å². The van der Waals surface area contributed by atoms with Crippen molar-refractivity contribution in [2.75, 3.05) is 6.54 Å². The van der Waals surface area contributed by atoms with Crippen LogP contribution in [-0.2, 0) is 5.54 Å². The van der Waals surface area contributed by atoms with E-state index in [9.17, 15) is 0 Å². The van der Waals surface area contributed by atoms with E-state index in [2.05, 4.69) is 151 Å². The van der Waals surface area contributed by atoms with E-state index < -0.39 is 5.54 Å². The third-order valence-electron chi connectivity index (χ3n) is 8.06. The molecule has 43 heavy (non-hydrogen) atoms. The minimum atomic E-state index is -0.721. The second-order valence-corrected chi connectivity index (χ2v) is 10.8. The van der Waals surface area contributed by atoms with Crippen molar-refractivity contribution in [1.29, 1.82) is 0 Å². The molecular formula is C38H37N5. The monoisotopic (exact) mass is 563 g/mol. The molecule has 0 saturated heterocycles. The summed E-state index contributed by atoms with van der Waals surface area (Å²) in [4.78, 5) is 4.79. The predicted molar refractivity (Wildman–Crippen MR) is 178 cm³/mol. The second-order valence-electron chi connectivity index (χ2n) is 10.8. The first-order chi connectivity index (χ1) is 21.2. The van der Waals surface area contributed by atoms with E-state index in [1.165, 1.54) is 0 Å². The average molecular weight is 564 g/mol. The van der Waals surface area contributed by atoms with Crippen LogP contribution < -0.4 is 0 Å². The number of aromatic amines is 1. The summed E-state index contributed by atoms with van der Waals surface area (Å²) < 4.78 is 2.25. The second kappa shape index (κ2) is 12.5. The molecule has 0 radical (unpaired) electrons. The van der Waals surface area contributed by atoms with E-state index in [0.717, 1.165) is 75.1 Å². The highest BCUT2D eigenvalue weighted by atomic mass is 15.3. The van der Waals surface area contributed by atoms with Crippen LogP contribution in [0.15, 0.2) is 133 Å². The Morgan fingerprint density at radius 2 is 1.42 bits per heavy atom. The van der Waals surface area contributed by atoms with E-state index in [0.29, 0.717) is 0 Å². The Balaban J connectivity index is 1.74. The molecule has 0 spiro atoms. The Kier molecular flexibility index (Phi) is 8.14. The first kappa shape index (κ1) is 28.1. The molecule has 5 nitrogen and oxygen atoms in total. The maximum Gasteiger partial charge on any atom is 0.138 e. The van der Waals surface area contributed by atoms with Crippen LogP contribution in [0.4, 0.5) is 0 Å². The lowest BCUT2D eigenvalue weighted by Crippen LogP contribution is -2.38. The lowest BCUT2D eigenvalue weighted by atomic mass is 9.77. The molecule has 2 aromatic heterocycles. The van der Waals surface area contributed by atoms with Gasteiger partial charge in [-0.1, -0.05) is 111 Å². The smallest absolute Gasteiger partial charge is 0.138 e. The summed E-state index contributed by atoms with van der Waals surface area (Å²) in [6.45, 7) is 7.26. The first-order valence-corrected chi connectivity index (χ1v) is 15.1. The average Bonchev–Trinajstić information content (AvgIpc) is 3.74. The summed E-state index contributed by atoms with van der Waals surface area (Å²) in [6.07, 6.45) is 7.86. The van der Waals surface area contributed by atoms with Crippen LogP contribution in [0.5, 0.6) is 0 Å². The van der Waals surface area contributed by atoms with E-state index in [1.807, 2.05) is 12.4 Å². The van der Waals surface area contributed by atoms with Crippen LogP contribution in [0, 0.1) is 0 Å². The van der Waals surface area contributed by atoms with Gasteiger partial charge in [-0.15, -0.1) is 0 Å². The number of aliphatic imine (C=N–C) groups is 1. The SMILES string of the molecule is CCCN=C(C)/C=C(\CC)c1nn(C(c2ccccc2)(c2ccccc2)c2ccccc2)c2ccc(-c3cn[nH]c3)cc12. The Morgan fingerprint density at radius 1 is 0.814 bits per heavy atom. The Morgan fingerprint density at radius 3 is 1.93 bits per heavy atom. The molecule has 6 aromatic rings. The Labute approximate surface area is 253 Å². The van der Waals surface area contributed by atoms with Crippen molar-refractivity contribution in [3.05, 3.63) is 150 Å². The highest BCUT2D eigenvalue weighted by Gasteiger charge is 2.41. The van der Waals surface area contributed by atoms with Crippen molar-refractivity contribution >= 4 is 22.2 Å². The number of rotatable bonds is 10. The van der Waals surface area contributed by atoms with Gasteiger partial charge in [0.25, 0.3) is 0 Å². The van der Waals surface area contributed by atoms with Crippen LogP contribution in [-0.4, -0.2) is 32.2 Å². The first-order valence-electron chi connectivity index (χ1n) is 15.1. The van der Waals surface area contributed by atoms with Gasteiger partial charge in [0.1, 0.15) is 5.54 Å². The van der Waals surface area contributed by atoms with Gasteiger partial charge in [-0.05, 0) is 65.8 Å². The van der Waals surface area contributed by atoms with Crippen LogP contribution in [0.3, 0.4) is 0 Å². The highest BCUT2D eigenvalue weighted by Crippen LogP contribution is 2.44. The van der Waals surface area contributed by atoms with Gasteiger partial charge in [-0.3, -0.25) is 10.1 Å². The van der Waals surface area contributed by atoms with Crippen LogP contribution in [0.25, 0.3) is 27.6 Å². The largest absolute Gasteiger partial charge is 0.290 e. The lowest BCUT2D eigenvalue weighted by Gasteiger charge is -2.37. The summed E-state index contributed by atoms with van der Waals surface area (Å²) >= 11 is 0. The Hall–Kier alpha value is -5.03. The van der Waals surface area contributed by atoms with Gasteiger partial charge in [-0.25, -0.2) is 4.68 Å². The number of hydrogen-bond donors (Lipinski definition) is 1. The van der Waals surface area contributed by atoms with Crippen LogP contribution in [0.1, 0.15) is 56.0 Å². The van der Waals surface area contributed by atoms with E-state index in [4.69, 9.17) is 10.1 Å². The molecule has 0 aliphatic rings. The van der Waals surface area contributed by atoms with Crippen molar-refractivity contribution in [3.8, 4) is 11.1 Å².